The van der Waals surface area contributed by atoms with E-state index in [0.717, 1.165) is 34.8 Å². The summed E-state index contributed by atoms with van der Waals surface area (Å²) in [6.45, 7) is -1.40. The van der Waals surface area contributed by atoms with Crippen LogP contribution in [0.15, 0.2) is 48.8 Å². The number of imidazole rings is 1. The van der Waals surface area contributed by atoms with E-state index in [9.17, 15) is 18.0 Å². The zero-order valence-electron chi connectivity index (χ0n) is 17.4. The molecule has 1 aliphatic rings. The van der Waals surface area contributed by atoms with Crippen molar-refractivity contribution >= 4 is 17.4 Å². The number of hydrogen-bond donors (Lipinski definition) is 3. The SMILES string of the molecule is CON[C@@H](CC1CC1)c1ccn2c(-c3cccc(NC(=O)NCC(F)(F)F)c3)cnc2c1. The monoisotopic (exact) mass is 447 g/mol. The van der Waals surface area contributed by atoms with Gasteiger partial charge in [-0.25, -0.2) is 9.78 Å². The van der Waals surface area contributed by atoms with Gasteiger partial charge in [0.2, 0.25) is 0 Å². The van der Waals surface area contributed by atoms with E-state index >= 15 is 0 Å². The molecule has 1 saturated carbocycles. The maximum atomic E-state index is 12.3. The van der Waals surface area contributed by atoms with Crippen molar-refractivity contribution in [2.75, 3.05) is 19.0 Å². The highest BCUT2D eigenvalue weighted by Crippen LogP contribution is 2.38. The highest BCUT2D eigenvalue weighted by molar-refractivity contribution is 5.90. The van der Waals surface area contributed by atoms with Crippen LogP contribution in [-0.4, -0.2) is 35.2 Å². The van der Waals surface area contributed by atoms with E-state index in [2.05, 4.69) is 15.8 Å². The quantitative estimate of drug-likeness (QED) is 0.438. The Morgan fingerprint density at radius 3 is 2.81 bits per heavy atom. The van der Waals surface area contributed by atoms with Crippen molar-refractivity contribution in [1.29, 1.82) is 0 Å². The van der Waals surface area contributed by atoms with E-state index in [1.165, 1.54) is 12.8 Å². The lowest BCUT2D eigenvalue weighted by molar-refractivity contribution is -0.122. The van der Waals surface area contributed by atoms with Crippen LogP contribution in [0, 0.1) is 5.92 Å². The Labute approximate surface area is 182 Å². The Morgan fingerprint density at radius 2 is 2.09 bits per heavy atom. The molecular formula is C22H24F3N5O2. The summed E-state index contributed by atoms with van der Waals surface area (Å²) in [5.41, 5.74) is 6.85. The zero-order chi connectivity index (χ0) is 22.7. The van der Waals surface area contributed by atoms with Gasteiger partial charge in [0, 0.05) is 17.4 Å². The number of rotatable bonds is 8. The molecule has 0 aliphatic heterocycles. The number of aromatic nitrogens is 2. The molecule has 0 radical (unpaired) electrons. The fraction of sp³-hybridized carbons (Fsp3) is 0.364. The summed E-state index contributed by atoms with van der Waals surface area (Å²) in [6, 6.07) is 10.0. The van der Waals surface area contributed by atoms with Crippen LogP contribution in [0.4, 0.5) is 23.7 Å². The predicted molar refractivity (Wildman–Crippen MR) is 114 cm³/mol. The zero-order valence-corrected chi connectivity index (χ0v) is 17.4. The summed E-state index contributed by atoms with van der Waals surface area (Å²) in [7, 11) is 1.61. The molecule has 3 aromatic rings. The lowest BCUT2D eigenvalue weighted by Gasteiger charge is -2.17. The molecule has 0 saturated heterocycles. The molecule has 0 spiro atoms. The summed E-state index contributed by atoms with van der Waals surface area (Å²) in [5, 5.41) is 4.22. The Hall–Kier alpha value is -3.11. The van der Waals surface area contributed by atoms with Gasteiger partial charge in [0.15, 0.2) is 0 Å². The molecule has 32 heavy (non-hydrogen) atoms. The number of urea groups is 1. The van der Waals surface area contributed by atoms with Gasteiger partial charge in [-0.3, -0.25) is 4.40 Å². The minimum absolute atomic E-state index is 0.0837. The first kappa shape index (κ1) is 22.1. The number of amides is 2. The molecule has 0 unspecified atom stereocenters. The number of alkyl halides is 3. The van der Waals surface area contributed by atoms with Crippen LogP contribution < -0.4 is 16.1 Å². The largest absolute Gasteiger partial charge is 0.405 e. The molecule has 2 aromatic heterocycles. The van der Waals surface area contributed by atoms with Crippen LogP contribution in [0.1, 0.15) is 30.9 Å². The first-order chi connectivity index (χ1) is 15.3. The number of carbonyl (C=O) groups is 1. The molecule has 10 heteroatoms. The standard InChI is InChI=1S/C22H24F3N5O2/c1-32-29-18(9-14-5-6-14)15-7-8-30-19(12-26-20(30)11-15)16-3-2-4-17(10-16)28-21(31)27-13-22(23,24)25/h2-4,7-8,10-12,14,18,29H,5-6,9,13H2,1H3,(H2,27,28,31)/t18-/m0/s1. The second-order valence-electron chi connectivity index (χ2n) is 7.89. The molecule has 1 atom stereocenters. The van der Waals surface area contributed by atoms with Gasteiger partial charge in [-0.2, -0.15) is 18.7 Å². The molecule has 1 aromatic carbocycles. The molecule has 170 valence electrons. The molecule has 2 amide bonds. The van der Waals surface area contributed by atoms with Gasteiger partial charge in [-0.05, 0) is 42.2 Å². The van der Waals surface area contributed by atoms with Crippen molar-refractivity contribution in [3.05, 3.63) is 54.4 Å². The van der Waals surface area contributed by atoms with Crippen molar-refractivity contribution in [3.63, 3.8) is 0 Å². The number of nitrogens with one attached hydrogen (secondary N) is 3. The maximum absolute atomic E-state index is 12.3. The number of nitrogens with zero attached hydrogens (tertiary/aromatic N) is 2. The van der Waals surface area contributed by atoms with Crippen molar-refractivity contribution in [2.45, 2.75) is 31.5 Å². The van der Waals surface area contributed by atoms with Gasteiger partial charge in [-0.15, -0.1) is 0 Å². The van der Waals surface area contributed by atoms with Crippen LogP contribution >= 0.6 is 0 Å². The summed E-state index contributed by atoms with van der Waals surface area (Å²) in [5.74, 6) is 0.720. The van der Waals surface area contributed by atoms with Crippen LogP contribution in [0.25, 0.3) is 16.9 Å². The average molecular weight is 447 g/mol. The average Bonchev–Trinajstić information content (AvgIpc) is 3.47. The van der Waals surface area contributed by atoms with Crippen molar-refractivity contribution in [1.82, 2.24) is 20.2 Å². The molecule has 3 N–H and O–H groups in total. The third kappa shape index (κ3) is 5.57. The molecular weight excluding hydrogens is 423 g/mol. The summed E-state index contributed by atoms with van der Waals surface area (Å²) in [6.07, 6.45) is 2.68. The Kier molecular flexibility index (Phi) is 6.33. The van der Waals surface area contributed by atoms with E-state index in [1.54, 1.807) is 36.8 Å². The fourth-order valence-corrected chi connectivity index (χ4v) is 3.62. The topological polar surface area (TPSA) is 79.7 Å². The van der Waals surface area contributed by atoms with Gasteiger partial charge < -0.3 is 15.5 Å². The van der Waals surface area contributed by atoms with E-state index in [4.69, 9.17) is 4.84 Å². The van der Waals surface area contributed by atoms with Crippen LogP contribution in [0.5, 0.6) is 0 Å². The van der Waals surface area contributed by atoms with Crippen LogP contribution in [0.3, 0.4) is 0 Å². The van der Waals surface area contributed by atoms with E-state index < -0.39 is 18.8 Å². The third-order valence-corrected chi connectivity index (χ3v) is 5.33. The number of benzene rings is 1. The lowest BCUT2D eigenvalue weighted by atomic mass is 10.0. The maximum Gasteiger partial charge on any atom is 0.405 e. The minimum Gasteiger partial charge on any atom is -0.329 e. The fourth-order valence-electron chi connectivity index (χ4n) is 3.62. The van der Waals surface area contributed by atoms with Crippen molar-refractivity contribution in [2.24, 2.45) is 5.92 Å². The van der Waals surface area contributed by atoms with Crippen molar-refractivity contribution < 1.29 is 22.8 Å². The lowest BCUT2D eigenvalue weighted by Crippen LogP contribution is -2.36. The molecule has 1 fully saturated rings. The number of carbonyl (C=O) groups excluding carboxylic acids is 1. The second kappa shape index (κ2) is 9.17. The normalized spacial score (nSPS) is 15.0. The smallest absolute Gasteiger partial charge is 0.329 e. The highest BCUT2D eigenvalue weighted by atomic mass is 19.4. The number of hydroxylamine groups is 1. The predicted octanol–water partition coefficient (Wildman–Crippen LogP) is 4.68. The number of halogens is 3. The van der Waals surface area contributed by atoms with E-state index in [1.807, 2.05) is 28.8 Å². The summed E-state index contributed by atoms with van der Waals surface area (Å²) in [4.78, 5) is 21.4. The Balaban J connectivity index is 1.52. The molecule has 2 heterocycles. The van der Waals surface area contributed by atoms with E-state index in [-0.39, 0.29) is 6.04 Å². The van der Waals surface area contributed by atoms with Gasteiger partial charge in [0.1, 0.15) is 12.2 Å². The van der Waals surface area contributed by atoms with Gasteiger partial charge >= 0.3 is 12.2 Å². The van der Waals surface area contributed by atoms with Gasteiger partial charge in [0.25, 0.3) is 0 Å². The molecule has 7 nitrogen and oxygen atoms in total. The number of anilines is 1. The van der Waals surface area contributed by atoms with Crippen LogP contribution in [-0.2, 0) is 4.84 Å². The molecule has 0 bridgehead atoms. The number of pyridine rings is 1. The summed E-state index contributed by atoms with van der Waals surface area (Å²) >= 11 is 0. The number of fused-ring (bicyclic) bond motifs is 1. The third-order valence-electron chi connectivity index (χ3n) is 5.33. The number of hydrogen-bond acceptors (Lipinski definition) is 4. The molecule has 1 aliphatic carbocycles. The van der Waals surface area contributed by atoms with E-state index in [0.29, 0.717) is 5.69 Å². The summed E-state index contributed by atoms with van der Waals surface area (Å²) < 4.78 is 38.8. The van der Waals surface area contributed by atoms with Crippen molar-refractivity contribution in [3.8, 4) is 11.3 Å². The second-order valence-corrected chi connectivity index (χ2v) is 7.89. The Morgan fingerprint density at radius 1 is 1.28 bits per heavy atom. The first-order valence-electron chi connectivity index (χ1n) is 10.3. The van der Waals surface area contributed by atoms with Gasteiger partial charge in [0.05, 0.1) is 25.0 Å². The highest BCUT2D eigenvalue weighted by Gasteiger charge is 2.28. The van der Waals surface area contributed by atoms with Gasteiger partial charge in [-0.1, -0.05) is 25.0 Å². The minimum atomic E-state index is -4.47. The Bertz CT molecular complexity index is 1090. The van der Waals surface area contributed by atoms with Crippen LogP contribution in [0.2, 0.25) is 0 Å². The molecule has 4 rings (SSSR count). The first-order valence-corrected chi connectivity index (χ1v) is 10.3.